The van der Waals surface area contributed by atoms with Gasteiger partial charge in [0.1, 0.15) is 20.8 Å². The van der Waals surface area contributed by atoms with Gasteiger partial charge in [-0.2, -0.15) is 0 Å². The topological polar surface area (TPSA) is 177 Å². The van der Waals surface area contributed by atoms with E-state index < -0.39 is 44.7 Å². The number of hydrogen-bond donors (Lipinski definition) is 2. The van der Waals surface area contributed by atoms with Crippen molar-refractivity contribution in [2.45, 2.75) is 41.0 Å². The monoisotopic (exact) mass is 474 g/mol. The van der Waals surface area contributed by atoms with Crippen molar-refractivity contribution in [3.8, 4) is 0 Å². The van der Waals surface area contributed by atoms with Gasteiger partial charge in [0.05, 0.1) is 34.0 Å². The van der Waals surface area contributed by atoms with Crippen molar-refractivity contribution in [2.24, 2.45) is 5.14 Å². The Morgan fingerprint density at radius 3 is 2.21 bits per heavy atom. The smallest absolute Gasteiger partial charge is 0.744 e. The molecule has 14 heteroatoms. The molecular weight excluding hydrogens is 455 g/mol. The fourth-order valence-electron chi connectivity index (χ4n) is 2.39. The van der Waals surface area contributed by atoms with Gasteiger partial charge in [0.25, 0.3) is 0 Å². The van der Waals surface area contributed by atoms with Gasteiger partial charge in [-0.1, -0.05) is 13.3 Å². The molecule has 156 valence electrons. The number of sulfonamides is 1. The fraction of sp³-hybridized carbons (Fsp3) is 0.333. The predicted octanol–water partition coefficient (Wildman–Crippen LogP) is -1.98. The Morgan fingerprint density at radius 1 is 1.07 bits per heavy atom. The molecule has 1 aromatic heterocycles. The van der Waals surface area contributed by atoms with Crippen LogP contribution < -0.4 is 40.0 Å². The Kier molecular flexibility index (Phi) is 8.93. The summed E-state index contributed by atoms with van der Waals surface area (Å²) in [5, 5.41) is 7.67. The van der Waals surface area contributed by atoms with Crippen molar-refractivity contribution in [1.29, 1.82) is 0 Å². The molecular formula is C15H19N2NaO8S3. The molecule has 0 radical (unpaired) electrons. The molecule has 10 nitrogen and oxygen atoms in total. The van der Waals surface area contributed by atoms with Crippen molar-refractivity contribution in [3.63, 3.8) is 0 Å². The molecule has 0 aliphatic heterocycles. The summed E-state index contributed by atoms with van der Waals surface area (Å²) in [4.78, 5) is -2.54. The average Bonchev–Trinajstić information content (AvgIpc) is 3.09. The summed E-state index contributed by atoms with van der Waals surface area (Å²) in [6, 6.07) is 4.42. The van der Waals surface area contributed by atoms with Crippen LogP contribution in [-0.4, -0.2) is 35.6 Å². The van der Waals surface area contributed by atoms with Crippen LogP contribution in [0, 0.1) is 0 Å². The third-order valence-corrected chi connectivity index (χ3v) is 7.55. The number of rotatable bonds is 9. The van der Waals surface area contributed by atoms with Crippen LogP contribution in [0.15, 0.2) is 49.6 Å². The summed E-state index contributed by atoms with van der Waals surface area (Å²) < 4.78 is 89.0. The molecule has 0 saturated carbocycles. The Balaban J connectivity index is 0.00000420. The molecule has 0 fully saturated rings. The van der Waals surface area contributed by atoms with Crippen LogP contribution in [-0.2, 0) is 36.5 Å². The van der Waals surface area contributed by atoms with E-state index >= 15 is 0 Å². The van der Waals surface area contributed by atoms with Crippen LogP contribution in [0.2, 0.25) is 0 Å². The predicted molar refractivity (Wildman–Crippen MR) is 98.8 cm³/mol. The van der Waals surface area contributed by atoms with E-state index in [1.165, 1.54) is 6.26 Å². The molecule has 29 heavy (non-hydrogen) atoms. The largest absolute Gasteiger partial charge is 1.00 e. The minimum atomic E-state index is -5.14. The van der Waals surface area contributed by atoms with Crippen LogP contribution in [0.25, 0.3) is 0 Å². The summed E-state index contributed by atoms with van der Waals surface area (Å²) in [6.45, 7) is 1.68. The first-order chi connectivity index (χ1) is 12.9. The number of sulfone groups is 1. The van der Waals surface area contributed by atoms with E-state index in [2.05, 4.69) is 5.32 Å². The molecule has 0 atom stereocenters. The molecule has 0 amide bonds. The molecule has 0 unspecified atom stereocenters. The van der Waals surface area contributed by atoms with E-state index in [9.17, 15) is 29.8 Å². The van der Waals surface area contributed by atoms with E-state index in [-0.39, 0.29) is 54.0 Å². The minimum Gasteiger partial charge on any atom is -0.744 e. The van der Waals surface area contributed by atoms with E-state index in [0.717, 1.165) is 6.07 Å². The summed E-state index contributed by atoms with van der Waals surface area (Å²) in [5.41, 5.74) is -0.367. The Labute approximate surface area is 191 Å². The molecule has 0 aliphatic rings. The molecule has 0 saturated heterocycles. The zero-order valence-electron chi connectivity index (χ0n) is 15.8. The van der Waals surface area contributed by atoms with Gasteiger partial charge < -0.3 is 14.3 Å². The first-order valence-corrected chi connectivity index (χ1v) is 12.6. The second-order valence-corrected chi connectivity index (χ2v) is 10.9. The summed E-state index contributed by atoms with van der Waals surface area (Å²) in [6.07, 6.45) is 2.15. The van der Waals surface area contributed by atoms with E-state index in [1.807, 2.05) is 0 Å². The van der Waals surface area contributed by atoms with Gasteiger partial charge in [0.2, 0.25) is 10.0 Å². The first-order valence-electron chi connectivity index (χ1n) is 8.02. The van der Waals surface area contributed by atoms with Crippen LogP contribution in [0.5, 0.6) is 0 Å². The number of primary sulfonamides is 1. The van der Waals surface area contributed by atoms with Gasteiger partial charge in [0.15, 0.2) is 9.84 Å². The second kappa shape index (κ2) is 9.92. The number of benzene rings is 1. The number of hydrogen-bond acceptors (Lipinski definition) is 9. The third-order valence-electron chi connectivity index (χ3n) is 3.76. The minimum absolute atomic E-state index is 0. The molecule has 2 rings (SSSR count). The van der Waals surface area contributed by atoms with Gasteiger partial charge >= 0.3 is 29.6 Å². The van der Waals surface area contributed by atoms with Crippen LogP contribution in [0.3, 0.4) is 0 Å². The molecule has 0 aliphatic carbocycles. The molecule has 3 N–H and O–H groups in total. The zero-order chi connectivity index (χ0) is 21.2. The molecule has 0 spiro atoms. The maximum Gasteiger partial charge on any atom is 1.00 e. The summed E-state index contributed by atoms with van der Waals surface area (Å²) in [7, 11) is -13.9. The number of anilines is 1. The number of unbranched alkanes of at least 4 members (excludes halogenated alkanes) is 1. The molecule has 1 heterocycles. The Morgan fingerprint density at radius 2 is 1.72 bits per heavy atom. The SMILES string of the molecule is CCCCS(=O)(=O)c1cc(NCc2ccco2)c(S(=O)(=O)[O-])cc1S(N)(=O)=O.[Na+]. The van der Waals surface area contributed by atoms with Gasteiger partial charge in [0, 0.05) is 0 Å². The van der Waals surface area contributed by atoms with Crippen LogP contribution in [0.1, 0.15) is 25.5 Å². The normalized spacial score (nSPS) is 12.4. The second-order valence-electron chi connectivity index (χ2n) is 5.90. The van der Waals surface area contributed by atoms with Gasteiger partial charge in [-0.25, -0.2) is 30.4 Å². The number of nitrogens with two attached hydrogens (primary N) is 1. The fourth-order valence-corrected chi connectivity index (χ4v) is 6.03. The molecule has 0 bridgehead atoms. The van der Waals surface area contributed by atoms with Crippen molar-refractivity contribution in [3.05, 3.63) is 36.3 Å². The molecule has 1 aromatic carbocycles. The van der Waals surface area contributed by atoms with Gasteiger partial charge in [-0.3, -0.25) is 0 Å². The van der Waals surface area contributed by atoms with Crippen LogP contribution >= 0.6 is 0 Å². The van der Waals surface area contributed by atoms with Crippen molar-refractivity contribution in [1.82, 2.24) is 0 Å². The van der Waals surface area contributed by atoms with E-state index in [0.29, 0.717) is 18.2 Å². The first kappa shape index (κ1) is 26.1. The maximum absolute atomic E-state index is 12.6. The van der Waals surface area contributed by atoms with Gasteiger partial charge in [-0.05, 0) is 30.7 Å². The average molecular weight is 475 g/mol. The number of nitrogens with one attached hydrogen (secondary N) is 1. The number of furan rings is 1. The van der Waals surface area contributed by atoms with E-state index in [1.54, 1.807) is 19.1 Å². The third kappa shape index (κ3) is 6.79. The summed E-state index contributed by atoms with van der Waals surface area (Å²) in [5.74, 6) is 0.00721. The molecule has 2 aromatic rings. The van der Waals surface area contributed by atoms with Crippen molar-refractivity contribution < 1.29 is 63.8 Å². The van der Waals surface area contributed by atoms with Gasteiger partial charge in [-0.15, -0.1) is 0 Å². The van der Waals surface area contributed by atoms with Crippen LogP contribution in [0.4, 0.5) is 5.69 Å². The van der Waals surface area contributed by atoms with Crippen molar-refractivity contribution in [2.75, 3.05) is 11.1 Å². The Hall–Kier alpha value is -0.930. The Bertz CT molecular complexity index is 1160. The maximum atomic E-state index is 12.6. The standard InChI is InChI=1S/C15H20N2O8S3.Na/c1-2-3-7-26(18,19)14-8-12(17-10-11-5-4-6-25-11)13(28(22,23)24)9-15(14)27(16,20)21;/h4-6,8-9,17H,2-3,7,10H2,1H3,(H2,16,20,21)(H,22,23,24);/q;+1/p-1. The summed E-state index contributed by atoms with van der Waals surface area (Å²) >= 11 is 0. The zero-order valence-corrected chi connectivity index (χ0v) is 20.2. The van der Waals surface area contributed by atoms with E-state index in [4.69, 9.17) is 9.56 Å². The van der Waals surface area contributed by atoms with Crippen molar-refractivity contribution >= 4 is 35.7 Å². The quantitative estimate of drug-likeness (QED) is 0.308.